The molecule has 0 saturated heterocycles. The highest BCUT2D eigenvalue weighted by Crippen LogP contribution is 2.16. The van der Waals surface area contributed by atoms with Crippen molar-refractivity contribution in [2.24, 2.45) is 5.92 Å². The quantitative estimate of drug-likeness (QED) is 0.334. The molecule has 0 rings (SSSR count). The fraction of sp³-hybridized carbons (Fsp3) is 0.706. The fourth-order valence-corrected chi connectivity index (χ4v) is 2.24. The number of carbonyl (C=O) groups excluding carboxylic acids is 1. The monoisotopic (exact) mass is 282 g/mol. The largest absolute Gasteiger partial charge is 0.468 e. The van der Waals surface area contributed by atoms with Crippen molar-refractivity contribution in [2.75, 3.05) is 7.11 Å². The van der Waals surface area contributed by atoms with Crippen molar-refractivity contribution in [3.63, 3.8) is 0 Å². The second-order valence-electron chi connectivity index (χ2n) is 5.13. The molecule has 3 heteroatoms. The Morgan fingerprint density at radius 3 is 2.35 bits per heavy atom. The molecular weight excluding hydrogens is 252 g/mol. The lowest BCUT2D eigenvalue weighted by atomic mass is 9.96. The Balaban J connectivity index is 3.76. The fourth-order valence-electron chi connectivity index (χ4n) is 2.24. The Morgan fingerprint density at radius 1 is 1.20 bits per heavy atom. The van der Waals surface area contributed by atoms with Crippen LogP contribution in [0.15, 0.2) is 24.8 Å². The van der Waals surface area contributed by atoms with Gasteiger partial charge in [0.05, 0.1) is 13.2 Å². The summed E-state index contributed by atoms with van der Waals surface area (Å²) < 4.78 is 4.71. The summed E-state index contributed by atoms with van der Waals surface area (Å²) in [4.78, 5) is 11.5. The minimum atomic E-state index is -0.639. The molecule has 0 aliphatic carbocycles. The molecular formula is C17H30O3. The minimum absolute atomic E-state index is 0.361. The van der Waals surface area contributed by atoms with E-state index in [1.165, 1.54) is 32.8 Å². The van der Waals surface area contributed by atoms with Crippen molar-refractivity contribution in [3.8, 4) is 0 Å². The molecule has 0 unspecified atom stereocenters. The van der Waals surface area contributed by atoms with E-state index < -0.39 is 12.0 Å². The second kappa shape index (κ2) is 12.9. The zero-order valence-electron chi connectivity index (χ0n) is 13.0. The average molecular weight is 282 g/mol. The molecule has 0 aromatic carbocycles. The summed E-state index contributed by atoms with van der Waals surface area (Å²) in [5.74, 6) is -0.891. The van der Waals surface area contributed by atoms with Gasteiger partial charge >= 0.3 is 5.97 Å². The van der Waals surface area contributed by atoms with Crippen molar-refractivity contribution in [2.45, 2.75) is 64.4 Å². The first-order chi connectivity index (χ1) is 9.67. The van der Waals surface area contributed by atoms with E-state index in [0.29, 0.717) is 6.42 Å². The molecule has 2 atom stereocenters. The summed E-state index contributed by atoms with van der Waals surface area (Å²) in [5.41, 5.74) is 0. The molecule has 0 saturated carbocycles. The summed E-state index contributed by atoms with van der Waals surface area (Å²) >= 11 is 0. The van der Waals surface area contributed by atoms with E-state index in [9.17, 15) is 9.90 Å². The van der Waals surface area contributed by atoms with Crippen molar-refractivity contribution >= 4 is 5.97 Å². The molecule has 3 nitrogen and oxygen atoms in total. The molecule has 0 aliphatic heterocycles. The Hall–Kier alpha value is -1.09. The number of allylic oxidation sites excluding steroid dienone is 2. The first-order valence-electron chi connectivity index (χ1n) is 7.67. The van der Waals surface area contributed by atoms with Crippen molar-refractivity contribution in [1.29, 1.82) is 0 Å². The first kappa shape index (κ1) is 18.9. The van der Waals surface area contributed by atoms with Gasteiger partial charge in [-0.15, -0.1) is 6.58 Å². The zero-order valence-corrected chi connectivity index (χ0v) is 13.0. The molecule has 0 aromatic heterocycles. The molecule has 0 aliphatic rings. The summed E-state index contributed by atoms with van der Waals surface area (Å²) in [6, 6.07) is 0. The number of carbonyl (C=O) groups is 1. The van der Waals surface area contributed by atoms with Crippen LogP contribution in [0.25, 0.3) is 0 Å². The molecule has 116 valence electrons. The van der Waals surface area contributed by atoms with E-state index in [0.717, 1.165) is 19.3 Å². The predicted molar refractivity (Wildman–Crippen MR) is 83.5 cm³/mol. The molecule has 0 heterocycles. The van der Waals surface area contributed by atoms with Crippen molar-refractivity contribution in [1.82, 2.24) is 0 Å². The van der Waals surface area contributed by atoms with Gasteiger partial charge in [0.2, 0.25) is 0 Å². The van der Waals surface area contributed by atoms with E-state index in [4.69, 9.17) is 4.74 Å². The number of ether oxygens (including phenoxy) is 1. The van der Waals surface area contributed by atoms with Gasteiger partial charge in [0.25, 0.3) is 0 Å². The van der Waals surface area contributed by atoms with E-state index in [2.05, 4.69) is 6.58 Å². The number of aliphatic hydroxyl groups excluding tert-OH is 1. The molecule has 1 N–H and O–H groups in total. The highest BCUT2D eigenvalue weighted by atomic mass is 16.5. The van der Waals surface area contributed by atoms with Crippen LogP contribution in [0.2, 0.25) is 0 Å². The molecule has 0 radical (unpaired) electrons. The zero-order chi connectivity index (χ0) is 15.2. The summed E-state index contributed by atoms with van der Waals surface area (Å²) in [7, 11) is 1.36. The Labute approximate surface area is 123 Å². The van der Waals surface area contributed by atoms with Gasteiger partial charge in [0.15, 0.2) is 0 Å². The lowest BCUT2D eigenvalue weighted by molar-refractivity contribution is -0.147. The Kier molecular flexibility index (Phi) is 12.2. The molecule has 0 bridgehead atoms. The lowest BCUT2D eigenvalue weighted by Crippen LogP contribution is -2.27. The topological polar surface area (TPSA) is 46.5 Å². The SMILES string of the molecule is C=CCCCCCCCC[C@@H](O)[C@H](/C=C\C)C(=O)OC. The first-order valence-corrected chi connectivity index (χ1v) is 7.67. The summed E-state index contributed by atoms with van der Waals surface area (Å²) in [6.45, 7) is 5.55. The van der Waals surface area contributed by atoms with Crippen LogP contribution in [0.5, 0.6) is 0 Å². The number of esters is 1. The summed E-state index contributed by atoms with van der Waals surface area (Å²) in [6.07, 6.45) is 13.5. The number of rotatable bonds is 12. The maximum atomic E-state index is 11.5. The molecule has 0 fully saturated rings. The van der Waals surface area contributed by atoms with Gasteiger partial charge in [-0.2, -0.15) is 0 Å². The van der Waals surface area contributed by atoms with Crippen LogP contribution < -0.4 is 0 Å². The van der Waals surface area contributed by atoms with Crippen LogP contribution in [0.3, 0.4) is 0 Å². The van der Waals surface area contributed by atoms with Gasteiger partial charge in [-0.05, 0) is 26.2 Å². The van der Waals surface area contributed by atoms with Crippen LogP contribution >= 0.6 is 0 Å². The summed E-state index contributed by atoms with van der Waals surface area (Å²) in [5, 5.41) is 10.1. The number of hydrogen-bond acceptors (Lipinski definition) is 3. The van der Waals surface area contributed by atoms with Crippen LogP contribution in [0.4, 0.5) is 0 Å². The molecule has 0 amide bonds. The third-order valence-electron chi connectivity index (χ3n) is 3.45. The van der Waals surface area contributed by atoms with Crippen LogP contribution in [-0.2, 0) is 9.53 Å². The van der Waals surface area contributed by atoms with Crippen LogP contribution in [0.1, 0.15) is 58.3 Å². The van der Waals surface area contributed by atoms with Crippen LogP contribution in [-0.4, -0.2) is 24.3 Å². The van der Waals surface area contributed by atoms with Crippen LogP contribution in [0, 0.1) is 5.92 Å². The molecule has 20 heavy (non-hydrogen) atoms. The normalized spacial score (nSPS) is 14.2. The van der Waals surface area contributed by atoms with Gasteiger partial charge in [0, 0.05) is 0 Å². The van der Waals surface area contributed by atoms with Gasteiger partial charge < -0.3 is 9.84 Å². The maximum absolute atomic E-state index is 11.5. The van der Waals surface area contributed by atoms with E-state index >= 15 is 0 Å². The smallest absolute Gasteiger partial charge is 0.315 e. The lowest BCUT2D eigenvalue weighted by Gasteiger charge is -2.17. The van der Waals surface area contributed by atoms with E-state index in [-0.39, 0.29) is 5.97 Å². The third-order valence-corrected chi connectivity index (χ3v) is 3.45. The number of methoxy groups -OCH3 is 1. The highest BCUT2D eigenvalue weighted by molar-refractivity contribution is 5.74. The standard InChI is InChI=1S/C17H30O3/c1-4-6-7-8-9-10-11-12-14-16(18)15(13-5-2)17(19)20-3/h4-5,13,15-16,18H,1,6-12,14H2,2-3H3/b13-5-/t15-,16+/m0/s1. The Morgan fingerprint density at radius 2 is 1.80 bits per heavy atom. The van der Waals surface area contributed by atoms with Gasteiger partial charge in [-0.1, -0.05) is 50.3 Å². The number of unbranched alkanes of at least 4 members (excludes halogenated alkanes) is 6. The Bertz CT molecular complexity index is 284. The highest BCUT2D eigenvalue weighted by Gasteiger charge is 2.24. The third kappa shape index (κ3) is 8.92. The van der Waals surface area contributed by atoms with Gasteiger partial charge in [-0.3, -0.25) is 4.79 Å². The molecule has 0 spiro atoms. The average Bonchev–Trinajstić information content (AvgIpc) is 2.46. The van der Waals surface area contributed by atoms with Gasteiger partial charge in [0.1, 0.15) is 5.92 Å². The second-order valence-corrected chi connectivity index (χ2v) is 5.13. The van der Waals surface area contributed by atoms with Crippen molar-refractivity contribution in [3.05, 3.63) is 24.8 Å². The van der Waals surface area contributed by atoms with E-state index in [1.54, 1.807) is 12.2 Å². The minimum Gasteiger partial charge on any atom is -0.468 e. The maximum Gasteiger partial charge on any atom is 0.315 e. The predicted octanol–water partition coefficient (Wildman–Crippen LogP) is 4.02. The number of aliphatic hydroxyl groups is 1. The van der Waals surface area contributed by atoms with Crippen molar-refractivity contribution < 1.29 is 14.6 Å². The molecule has 0 aromatic rings. The number of hydrogen-bond donors (Lipinski definition) is 1. The van der Waals surface area contributed by atoms with E-state index in [1.807, 2.05) is 13.0 Å². The van der Waals surface area contributed by atoms with Gasteiger partial charge in [-0.25, -0.2) is 0 Å².